The molecule has 1 aromatic rings. The second-order valence-electron chi connectivity index (χ2n) is 7.08. The lowest BCUT2D eigenvalue weighted by atomic mass is 9.84. The van der Waals surface area contributed by atoms with E-state index in [4.69, 9.17) is 37.8 Å². The highest BCUT2D eigenvalue weighted by molar-refractivity contribution is 6.42. The molecule has 2 amide bonds. The zero-order chi connectivity index (χ0) is 22.9. The molecule has 1 heterocycles. The summed E-state index contributed by atoms with van der Waals surface area (Å²) in [6.07, 6.45) is -5.06. The number of hydrogen-bond acceptors (Lipinski definition) is 4. The van der Waals surface area contributed by atoms with E-state index in [-0.39, 0.29) is 17.6 Å². The number of hydrogen-bond donors (Lipinski definition) is 4. The lowest BCUT2D eigenvalue weighted by Gasteiger charge is -2.27. The van der Waals surface area contributed by atoms with Gasteiger partial charge in [-0.25, -0.2) is 9.59 Å². The van der Waals surface area contributed by atoms with Crippen LogP contribution < -0.4 is 16.0 Å². The molecule has 0 radical (unpaired) electrons. The topological polar surface area (TPSA) is 99.7 Å². The zero-order valence-electron chi connectivity index (χ0n) is 16.4. The molecule has 0 bridgehead atoms. The Hall–Kier alpha value is -1.75. The minimum absolute atomic E-state index is 0.0255. The number of carboxylic acids is 1. The highest BCUT2D eigenvalue weighted by atomic mass is 35.5. The number of amides is 2. The number of carbonyl (C=O) groups excluding carboxylic acids is 1. The Kier molecular flexibility index (Phi) is 10.2. The van der Waals surface area contributed by atoms with E-state index in [0.29, 0.717) is 29.7 Å². The maximum Gasteiger partial charge on any atom is 0.490 e. The molecule has 12 heteroatoms. The number of halogens is 5. The van der Waals surface area contributed by atoms with Gasteiger partial charge in [0, 0.05) is 31.6 Å². The van der Waals surface area contributed by atoms with Crippen molar-refractivity contribution < 1.29 is 32.6 Å². The number of nitrogens with one attached hydrogen (secondary N) is 3. The van der Waals surface area contributed by atoms with Crippen LogP contribution in [0.1, 0.15) is 19.4 Å². The summed E-state index contributed by atoms with van der Waals surface area (Å²) in [7, 11) is 0. The number of rotatable bonds is 5. The molecule has 30 heavy (non-hydrogen) atoms. The fraction of sp³-hybridized carbons (Fsp3) is 0.556. The van der Waals surface area contributed by atoms with Crippen LogP contribution in [0.2, 0.25) is 10.0 Å². The third-order valence-electron chi connectivity index (χ3n) is 4.13. The minimum Gasteiger partial charge on any atom is -0.475 e. The summed E-state index contributed by atoms with van der Waals surface area (Å²) in [6, 6.07) is 5.33. The van der Waals surface area contributed by atoms with Gasteiger partial charge in [-0.15, -0.1) is 0 Å². The number of ether oxygens (including phenoxy) is 1. The molecule has 4 N–H and O–H groups in total. The van der Waals surface area contributed by atoms with E-state index >= 15 is 0 Å². The molecule has 1 fully saturated rings. The summed E-state index contributed by atoms with van der Waals surface area (Å²) in [5.74, 6) is -2.76. The predicted octanol–water partition coefficient (Wildman–Crippen LogP) is 3.19. The van der Waals surface area contributed by atoms with E-state index in [0.717, 1.165) is 18.7 Å². The van der Waals surface area contributed by atoms with Gasteiger partial charge in [0.15, 0.2) is 0 Å². The summed E-state index contributed by atoms with van der Waals surface area (Å²) in [4.78, 5) is 20.8. The normalized spacial score (nSPS) is 16.8. The Morgan fingerprint density at radius 3 is 2.37 bits per heavy atom. The van der Waals surface area contributed by atoms with Gasteiger partial charge in [-0.05, 0) is 17.7 Å². The first-order chi connectivity index (χ1) is 13.8. The van der Waals surface area contributed by atoms with E-state index in [2.05, 4.69) is 16.0 Å². The highest BCUT2D eigenvalue weighted by Gasteiger charge is 2.38. The third kappa shape index (κ3) is 9.38. The first kappa shape index (κ1) is 26.3. The van der Waals surface area contributed by atoms with Gasteiger partial charge in [-0.2, -0.15) is 13.2 Å². The summed E-state index contributed by atoms with van der Waals surface area (Å²) < 4.78 is 37.3. The van der Waals surface area contributed by atoms with Crippen molar-refractivity contribution in [3.05, 3.63) is 33.8 Å². The van der Waals surface area contributed by atoms with Gasteiger partial charge < -0.3 is 25.8 Å². The van der Waals surface area contributed by atoms with Crippen LogP contribution >= 0.6 is 23.2 Å². The van der Waals surface area contributed by atoms with Crippen molar-refractivity contribution in [1.82, 2.24) is 16.0 Å². The number of alkyl halides is 3. The molecule has 7 nitrogen and oxygen atoms in total. The average molecular weight is 474 g/mol. The van der Waals surface area contributed by atoms with Gasteiger partial charge in [-0.1, -0.05) is 43.1 Å². The van der Waals surface area contributed by atoms with E-state index < -0.39 is 12.1 Å². The third-order valence-corrected chi connectivity index (χ3v) is 4.87. The maximum atomic E-state index is 11.9. The SMILES string of the molecule is CC(C)(CNC(=O)NCC1CNCCO1)c1ccc(Cl)c(Cl)c1.O=C(O)C(F)(F)F. The molecule has 0 saturated carbocycles. The van der Waals surface area contributed by atoms with Crippen molar-refractivity contribution in [3.63, 3.8) is 0 Å². The Balaban J connectivity index is 0.000000553. The molecular formula is C18H24Cl2F3N3O4. The summed E-state index contributed by atoms with van der Waals surface area (Å²) in [6.45, 7) is 7.36. The Bertz CT molecular complexity index is 727. The molecule has 1 aliphatic rings. The largest absolute Gasteiger partial charge is 0.490 e. The second-order valence-corrected chi connectivity index (χ2v) is 7.89. The number of carboxylic acid groups (broad SMARTS) is 1. The molecule has 2 rings (SSSR count). The molecule has 170 valence electrons. The maximum absolute atomic E-state index is 11.9. The van der Waals surface area contributed by atoms with Crippen molar-refractivity contribution in [1.29, 1.82) is 0 Å². The monoisotopic (exact) mass is 473 g/mol. The second kappa shape index (κ2) is 11.6. The first-order valence-electron chi connectivity index (χ1n) is 8.92. The van der Waals surface area contributed by atoms with E-state index in [1.54, 1.807) is 6.07 Å². The van der Waals surface area contributed by atoms with E-state index in [1.807, 2.05) is 26.0 Å². The molecular weight excluding hydrogens is 450 g/mol. The first-order valence-corrected chi connectivity index (χ1v) is 9.68. The van der Waals surface area contributed by atoms with Crippen molar-refractivity contribution >= 4 is 35.2 Å². The molecule has 0 aromatic heterocycles. The quantitative estimate of drug-likeness (QED) is 0.526. The van der Waals surface area contributed by atoms with Crippen molar-refractivity contribution in [3.8, 4) is 0 Å². The van der Waals surface area contributed by atoms with E-state index in [9.17, 15) is 18.0 Å². The van der Waals surface area contributed by atoms with Crippen LogP contribution in [-0.2, 0) is 14.9 Å². The van der Waals surface area contributed by atoms with Crippen LogP contribution in [-0.4, -0.2) is 62.2 Å². The van der Waals surface area contributed by atoms with Gasteiger partial charge in [0.05, 0.1) is 22.8 Å². The molecule has 1 saturated heterocycles. The molecule has 1 unspecified atom stereocenters. The Labute approximate surface area is 182 Å². The van der Waals surface area contributed by atoms with Gasteiger partial charge in [0.2, 0.25) is 0 Å². The number of urea groups is 1. The fourth-order valence-electron chi connectivity index (χ4n) is 2.34. The van der Waals surface area contributed by atoms with E-state index in [1.165, 1.54) is 0 Å². The standard InChI is InChI=1S/C16H23Cl2N3O2.C2HF3O2/c1-16(2,11-3-4-13(17)14(18)7-11)10-21-15(22)20-9-12-8-19-5-6-23-12;3-2(4,5)1(6)7/h3-4,7,12,19H,5-6,8-10H2,1-2H3,(H2,20,21,22);(H,6,7). The van der Waals surface area contributed by atoms with Crippen molar-refractivity contribution in [2.45, 2.75) is 31.5 Å². The summed E-state index contributed by atoms with van der Waals surface area (Å²) >= 11 is 12.0. The zero-order valence-corrected chi connectivity index (χ0v) is 17.9. The van der Waals surface area contributed by atoms with Crippen LogP contribution in [0.15, 0.2) is 18.2 Å². The lowest BCUT2D eigenvalue weighted by molar-refractivity contribution is -0.192. The van der Waals surface area contributed by atoms with Gasteiger partial charge in [0.1, 0.15) is 0 Å². The Morgan fingerprint density at radius 2 is 1.87 bits per heavy atom. The number of aliphatic carboxylic acids is 1. The van der Waals surface area contributed by atoms with Crippen LogP contribution in [0, 0.1) is 0 Å². The van der Waals surface area contributed by atoms with Gasteiger partial charge in [0.25, 0.3) is 0 Å². The predicted molar refractivity (Wildman–Crippen MR) is 107 cm³/mol. The lowest BCUT2D eigenvalue weighted by Crippen LogP contribution is -2.48. The number of carbonyl (C=O) groups is 2. The van der Waals surface area contributed by atoms with Gasteiger partial charge >= 0.3 is 18.2 Å². The number of benzene rings is 1. The van der Waals surface area contributed by atoms with Crippen molar-refractivity contribution in [2.75, 3.05) is 32.8 Å². The van der Waals surface area contributed by atoms with Crippen molar-refractivity contribution in [2.24, 2.45) is 0 Å². The summed E-state index contributed by atoms with van der Waals surface area (Å²) in [5.41, 5.74) is 0.765. The van der Waals surface area contributed by atoms with Crippen LogP contribution in [0.3, 0.4) is 0 Å². The minimum atomic E-state index is -5.08. The summed E-state index contributed by atoms with van der Waals surface area (Å²) in [5, 5.41) is 17.1. The molecule has 1 aromatic carbocycles. The van der Waals surface area contributed by atoms with Crippen LogP contribution in [0.4, 0.5) is 18.0 Å². The molecule has 1 atom stereocenters. The average Bonchev–Trinajstić information content (AvgIpc) is 2.67. The fourth-order valence-corrected chi connectivity index (χ4v) is 2.64. The highest BCUT2D eigenvalue weighted by Crippen LogP contribution is 2.29. The molecule has 0 aliphatic carbocycles. The Morgan fingerprint density at radius 1 is 1.23 bits per heavy atom. The van der Waals surface area contributed by atoms with Crippen LogP contribution in [0.5, 0.6) is 0 Å². The molecule has 0 spiro atoms. The smallest absolute Gasteiger partial charge is 0.475 e. The molecule has 1 aliphatic heterocycles. The number of morpholine rings is 1. The van der Waals surface area contributed by atoms with Crippen LogP contribution in [0.25, 0.3) is 0 Å². The van der Waals surface area contributed by atoms with Gasteiger partial charge in [-0.3, -0.25) is 0 Å².